The number of carbonyl (C=O) groups is 2. The van der Waals surface area contributed by atoms with E-state index in [1.165, 1.54) is 0 Å². The van der Waals surface area contributed by atoms with Gasteiger partial charge < -0.3 is 10.4 Å². The lowest BCUT2D eigenvalue weighted by molar-refractivity contribution is -0.142. The van der Waals surface area contributed by atoms with Gasteiger partial charge in [0.2, 0.25) is 5.91 Å². The fourth-order valence-corrected chi connectivity index (χ4v) is 0.895. The summed E-state index contributed by atoms with van der Waals surface area (Å²) >= 11 is 0. The van der Waals surface area contributed by atoms with Gasteiger partial charge >= 0.3 is 5.97 Å². The molecule has 74 valence electrons. The third-order valence-corrected chi connectivity index (χ3v) is 1.96. The number of aliphatic carboxylic acids is 1. The van der Waals surface area contributed by atoms with Crippen molar-refractivity contribution in [1.29, 1.82) is 0 Å². The van der Waals surface area contributed by atoms with Gasteiger partial charge in [0, 0.05) is 0 Å². The molecule has 0 fully saturated rings. The Balaban J connectivity index is 4.34. The lowest BCUT2D eigenvalue weighted by Gasteiger charge is -2.18. The van der Waals surface area contributed by atoms with Gasteiger partial charge in [-0.05, 0) is 12.0 Å². The van der Waals surface area contributed by atoms with E-state index in [1.807, 2.05) is 6.92 Å². The molecule has 0 unspecified atom stereocenters. The van der Waals surface area contributed by atoms with Crippen molar-refractivity contribution in [3.05, 3.63) is 12.7 Å². The number of amides is 1. The van der Waals surface area contributed by atoms with Crippen LogP contribution < -0.4 is 5.32 Å². The zero-order chi connectivity index (χ0) is 10.4. The van der Waals surface area contributed by atoms with Crippen LogP contribution in [0.1, 0.15) is 20.3 Å². The molecule has 4 nitrogen and oxygen atoms in total. The Morgan fingerprint density at radius 3 is 2.46 bits per heavy atom. The maximum Gasteiger partial charge on any atom is 0.326 e. The maximum absolute atomic E-state index is 10.9. The van der Waals surface area contributed by atoms with Crippen molar-refractivity contribution < 1.29 is 14.7 Å². The molecule has 0 bridgehead atoms. The molecule has 0 aromatic rings. The number of carbonyl (C=O) groups excluding carboxylic acids is 1. The number of hydrogen-bond acceptors (Lipinski definition) is 2. The second-order valence-corrected chi connectivity index (χ2v) is 2.91. The van der Waals surface area contributed by atoms with E-state index < -0.39 is 17.9 Å². The minimum Gasteiger partial charge on any atom is -0.480 e. The first-order chi connectivity index (χ1) is 6.02. The first kappa shape index (κ1) is 11.7. The molecule has 0 saturated heterocycles. The maximum atomic E-state index is 10.9. The van der Waals surface area contributed by atoms with E-state index in [-0.39, 0.29) is 5.92 Å². The molecule has 4 heteroatoms. The summed E-state index contributed by atoms with van der Waals surface area (Å²) < 4.78 is 0. The molecule has 0 heterocycles. The van der Waals surface area contributed by atoms with E-state index in [0.717, 1.165) is 6.08 Å². The SMILES string of the molecule is C=CC(=O)N[C@H](C(=O)O)[C@H](C)CC. The van der Waals surface area contributed by atoms with Gasteiger partial charge in [-0.1, -0.05) is 26.8 Å². The second-order valence-electron chi connectivity index (χ2n) is 2.91. The first-order valence-corrected chi connectivity index (χ1v) is 4.18. The molecule has 13 heavy (non-hydrogen) atoms. The van der Waals surface area contributed by atoms with Crippen LogP contribution in [0.2, 0.25) is 0 Å². The lowest BCUT2D eigenvalue weighted by Crippen LogP contribution is -2.44. The largest absolute Gasteiger partial charge is 0.480 e. The molecule has 0 spiro atoms. The predicted molar refractivity (Wildman–Crippen MR) is 49.2 cm³/mol. The summed E-state index contributed by atoms with van der Waals surface area (Å²) in [5.74, 6) is -1.54. The van der Waals surface area contributed by atoms with Gasteiger partial charge in [0.05, 0.1) is 0 Å². The highest BCUT2D eigenvalue weighted by Crippen LogP contribution is 2.07. The van der Waals surface area contributed by atoms with Crippen molar-refractivity contribution >= 4 is 11.9 Å². The highest BCUT2D eigenvalue weighted by molar-refractivity contribution is 5.90. The third kappa shape index (κ3) is 3.73. The normalized spacial score (nSPS) is 14.3. The van der Waals surface area contributed by atoms with Crippen LogP contribution in [-0.4, -0.2) is 23.0 Å². The minimum atomic E-state index is -1.01. The van der Waals surface area contributed by atoms with Crippen LogP contribution in [-0.2, 0) is 9.59 Å². The summed E-state index contributed by atoms with van der Waals surface area (Å²) in [5.41, 5.74) is 0. The van der Waals surface area contributed by atoms with E-state index in [4.69, 9.17) is 5.11 Å². The Labute approximate surface area is 77.6 Å². The Morgan fingerprint density at radius 1 is 1.62 bits per heavy atom. The van der Waals surface area contributed by atoms with Crippen molar-refractivity contribution in [2.24, 2.45) is 5.92 Å². The average molecular weight is 185 g/mol. The molecular formula is C9H15NO3. The average Bonchev–Trinajstić information content (AvgIpc) is 2.11. The third-order valence-electron chi connectivity index (χ3n) is 1.96. The Morgan fingerprint density at radius 2 is 2.15 bits per heavy atom. The molecule has 0 aromatic heterocycles. The van der Waals surface area contributed by atoms with Crippen LogP contribution in [0.15, 0.2) is 12.7 Å². The van der Waals surface area contributed by atoms with E-state index in [1.54, 1.807) is 6.92 Å². The number of carboxylic acids is 1. The van der Waals surface area contributed by atoms with Crippen LogP contribution >= 0.6 is 0 Å². The molecule has 0 aliphatic rings. The molecule has 2 N–H and O–H groups in total. The second kappa shape index (κ2) is 5.35. The van der Waals surface area contributed by atoms with Crippen molar-refractivity contribution in [3.8, 4) is 0 Å². The molecule has 0 aromatic carbocycles. The zero-order valence-corrected chi connectivity index (χ0v) is 7.91. The lowest BCUT2D eigenvalue weighted by atomic mass is 9.99. The number of rotatable bonds is 5. The number of nitrogens with one attached hydrogen (secondary N) is 1. The Bertz CT molecular complexity index is 213. The van der Waals surface area contributed by atoms with E-state index in [0.29, 0.717) is 6.42 Å². The zero-order valence-electron chi connectivity index (χ0n) is 7.91. The summed E-state index contributed by atoms with van der Waals surface area (Å²) in [7, 11) is 0. The molecule has 0 saturated carbocycles. The van der Waals surface area contributed by atoms with E-state index in [2.05, 4.69) is 11.9 Å². The van der Waals surface area contributed by atoms with E-state index in [9.17, 15) is 9.59 Å². The van der Waals surface area contributed by atoms with Crippen LogP contribution in [0, 0.1) is 5.92 Å². The highest BCUT2D eigenvalue weighted by Gasteiger charge is 2.24. The van der Waals surface area contributed by atoms with Crippen molar-refractivity contribution in [2.45, 2.75) is 26.3 Å². The Kier molecular flexibility index (Phi) is 4.80. The fourth-order valence-electron chi connectivity index (χ4n) is 0.895. The summed E-state index contributed by atoms with van der Waals surface area (Å²) in [6.07, 6.45) is 1.77. The number of carboxylic acid groups (broad SMARTS) is 1. The molecule has 2 atom stereocenters. The summed E-state index contributed by atoms with van der Waals surface area (Å²) in [6.45, 7) is 6.91. The van der Waals surface area contributed by atoms with Gasteiger partial charge in [-0.25, -0.2) is 4.79 Å². The van der Waals surface area contributed by atoms with Gasteiger partial charge in [-0.3, -0.25) is 4.79 Å². The van der Waals surface area contributed by atoms with Crippen LogP contribution in [0.3, 0.4) is 0 Å². The van der Waals surface area contributed by atoms with E-state index >= 15 is 0 Å². The molecular weight excluding hydrogens is 170 g/mol. The van der Waals surface area contributed by atoms with Crippen molar-refractivity contribution in [3.63, 3.8) is 0 Å². The standard InChI is InChI=1S/C9H15NO3/c1-4-6(3)8(9(12)13)10-7(11)5-2/h5-6,8H,2,4H2,1,3H3,(H,10,11)(H,12,13)/t6-,8+/m1/s1. The molecule has 0 aliphatic carbocycles. The molecule has 0 rings (SSSR count). The van der Waals surface area contributed by atoms with Gasteiger partial charge in [-0.15, -0.1) is 0 Å². The summed E-state index contributed by atoms with van der Waals surface area (Å²) in [5, 5.41) is 11.1. The predicted octanol–water partition coefficient (Wildman–Crippen LogP) is 0.788. The van der Waals surface area contributed by atoms with Gasteiger partial charge in [0.1, 0.15) is 6.04 Å². The minimum absolute atomic E-state index is 0.0820. The fraction of sp³-hybridized carbons (Fsp3) is 0.556. The van der Waals surface area contributed by atoms with Crippen LogP contribution in [0.4, 0.5) is 0 Å². The molecule has 1 amide bonds. The number of hydrogen-bond donors (Lipinski definition) is 2. The van der Waals surface area contributed by atoms with Gasteiger partial charge in [0.25, 0.3) is 0 Å². The highest BCUT2D eigenvalue weighted by atomic mass is 16.4. The summed E-state index contributed by atoms with van der Waals surface area (Å²) in [4.78, 5) is 21.6. The van der Waals surface area contributed by atoms with Crippen LogP contribution in [0.5, 0.6) is 0 Å². The first-order valence-electron chi connectivity index (χ1n) is 4.18. The van der Waals surface area contributed by atoms with Gasteiger partial charge in [0.15, 0.2) is 0 Å². The smallest absolute Gasteiger partial charge is 0.326 e. The quantitative estimate of drug-likeness (QED) is 0.622. The molecule has 0 aliphatic heterocycles. The van der Waals surface area contributed by atoms with Crippen molar-refractivity contribution in [1.82, 2.24) is 5.32 Å². The van der Waals surface area contributed by atoms with Gasteiger partial charge in [-0.2, -0.15) is 0 Å². The molecule has 0 radical (unpaired) electrons. The van der Waals surface area contributed by atoms with Crippen molar-refractivity contribution in [2.75, 3.05) is 0 Å². The topological polar surface area (TPSA) is 66.4 Å². The monoisotopic (exact) mass is 185 g/mol. The van der Waals surface area contributed by atoms with Crippen LogP contribution in [0.25, 0.3) is 0 Å². The summed E-state index contributed by atoms with van der Waals surface area (Å²) in [6, 6.07) is -0.824. The Hall–Kier alpha value is -1.32.